The summed E-state index contributed by atoms with van der Waals surface area (Å²) in [6, 6.07) is 16.4. The van der Waals surface area contributed by atoms with Gasteiger partial charge in [-0.2, -0.15) is 0 Å². The van der Waals surface area contributed by atoms with Crippen molar-refractivity contribution in [3.05, 3.63) is 60.2 Å². The SMILES string of the molecule is O=C(COn1nnc2ccccc21)c1ccccc1. The van der Waals surface area contributed by atoms with E-state index in [2.05, 4.69) is 10.3 Å². The zero-order valence-corrected chi connectivity index (χ0v) is 10.1. The maximum Gasteiger partial charge on any atom is 0.203 e. The highest BCUT2D eigenvalue weighted by atomic mass is 16.7. The highest BCUT2D eigenvalue weighted by Gasteiger charge is 2.08. The van der Waals surface area contributed by atoms with Gasteiger partial charge in [-0.15, -0.1) is 5.10 Å². The molecule has 3 rings (SSSR count). The largest absolute Gasteiger partial charge is 0.387 e. The van der Waals surface area contributed by atoms with Gasteiger partial charge in [-0.1, -0.05) is 47.3 Å². The first kappa shape index (κ1) is 11.4. The quantitative estimate of drug-likeness (QED) is 0.664. The van der Waals surface area contributed by atoms with Crippen molar-refractivity contribution in [2.45, 2.75) is 0 Å². The minimum absolute atomic E-state index is 0.0721. The third-order valence-electron chi connectivity index (χ3n) is 2.74. The molecular weight excluding hydrogens is 242 g/mol. The molecule has 0 N–H and O–H groups in total. The molecule has 5 nitrogen and oxygen atoms in total. The minimum Gasteiger partial charge on any atom is -0.387 e. The molecule has 0 unspecified atom stereocenters. The van der Waals surface area contributed by atoms with Gasteiger partial charge in [0.1, 0.15) is 11.0 Å². The number of hydrogen-bond donors (Lipinski definition) is 0. The van der Waals surface area contributed by atoms with Crippen molar-refractivity contribution >= 4 is 16.8 Å². The van der Waals surface area contributed by atoms with E-state index in [1.165, 1.54) is 4.85 Å². The molecule has 1 heterocycles. The lowest BCUT2D eigenvalue weighted by Crippen LogP contribution is -2.21. The number of nitrogens with zero attached hydrogens (tertiary/aromatic N) is 3. The van der Waals surface area contributed by atoms with E-state index in [9.17, 15) is 4.79 Å². The van der Waals surface area contributed by atoms with E-state index in [0.717, 1.165) is 11.0 Å². The Morgan fingerprint density at radius 1 is 1.05 bits per heavy atom. The van der Waals surface area contributed by atoms with Crippen molar-refractivity contribution in [1.82, 2.24) is 15.2 Å². The lowest BCUT2D eigenvalue weighted by atomic mass is 10.1. The Morgan fingerprint density at radius 3 is 2.63 bits per heavy atom. The number of ketones is 1. The van der Waals surface area contributed by atoms with E-state index in [-0.39, 0.29) is 12.4 Å². The van der Waals surface area contributed by atoms with Crippen molar-refractivity contribution in [2.75, 3.05) is 6.61 Å². The summed E-state index contributed by atoms with van der Waals surface area (Å²) in [6.07, 6.45) is 0. The predicted molar refractivity (Wildman–Crippen MR) is 69.7 cm³/mol. The first-order valence-electron chi connectivity index (χ1n) is 5.86. The lowest BCUT2D eigenvalue weighted by Gasteiger charge is -2.04. The van der Waals surface area contributed by atoms with Crippen LogP contribution in [0.1, 0.15) is 10.4 Å². The second kappa shape index (κ2) is 4.89. The second-order valence-corrected chi connectivity index (χ2v) is 4.01. The Labute approximate surface area is 109 Å². The van der Waals surface area contributed by atoms with Gasteiger partial charge in [0.05, 0.1) is 0 Å². The molecule has 0 amide bonds. The van der Waals surface area contributed by atoms with Gasteiger partial charge in [0.2, 0.25) is 5.78 Å². The number of carbonyl (C=O) groups excluding carboxylic acids is 1. The molecule has 0 spiro atoms. The number of aromatic nitrogens is 3. The third-order valence-corrected chi connectivity index (χ3v) is 2.74. The minimum atomic E-state index is -0.0971. The average molecular weight is 253 g/mol. The van der Waals surface area contributed by atoms with Crippen molar-refractivity contribution in [3.63, 3.8) is 0 Å². The van der Waals surface area contributed by atoms with Gasteiger partial charge in [0.15, 0.2) is 6.61 Å². The van der Waals surface area contributed by atoms with Gasteiger partial charge in [-0.25, -0.2) is 0 Å². The lowest BCUT2D eigenvalue weighted by molar-refractivity contribution is 0.0630. The van der Waals surface area contributed by atoms with E-state index >= 15 is 0 Å². The van der Waals surface area contributed by atoms with Crippen molar-refractivity contribution < 1.29 is 9.63 Å². The molecule has 3 aromatic rings. The summed E-state index contributed by atoms with van der Waals surface area (Å²) in [7, 11) is 0. The second-order valence-electron chi connectivity index (χ2n) is 4.01. The molecule has 94 valence electrons. The number of rotatable bonds is 4. The topological polar surface area (TPSA) is 57.0 Å². The number of para-hydroxylation sites is 1. The van der Waals surface area contributed by atoms with Crippen LogP contribution in [0.5, 0.6) is 0 Å². The van der Waals surface area contributed by atoms with E-state index in [0.29, 0.717) is 5.56 Å². The van der Waals surface area contributed by atoms with Crippen LogP contribution in [0.15, 0.2) is 54.6 Å². The fraction of sp³-hybridized carbons (Fsp3) is 0.0714. The number of Topliss-reactive ketones (excluding diaryl/α,β-unsaturated/α-hetero) is 1. The molecule has 0 aliphatic carbocycles. The van der Waals surface area contributed by atoms with Gasteiger partial charge in [0.25, 0.3) is 0 Å². The Hall–Kier alpha value is -2.69. The average Bonchev–Trinajstić information content (AvgIpc) is 2.89. The van der Waals surface area contributed by atoms with E-state index in [1.54, 1.807) is 12.1 Å². The standard InChI is InChI=1S/C14H11N3O2/c18-14(11-6-2-1-3-7-11)10-19-17-13-9-5-4-8-12(13)15-16-17/h1-9H,10H2. The normalized spacial score (nSPS) is 10.5. The summed E-state index contributed by atoms with van der Waals surface area (Å²) in [5.41, 5.74) is 2.09. The molecule has 5 heteroatoms. The molecule has 0 fully saturated rings. The van der Waals surface area contributed by atoms with Crippen molar-refractivity contribution in [2.24, 2.45) is 0 Å². The molecule has 0 radical (unpaired) electrons. The van der Waals surface area contributed by atoms with E-state index < -0.39 is 0 Å². The zero-order chi connectivity index (χ0) is 13.1. The van der Waals surface area contributed by atoms with E-state index in [4.69, 9.17) is 4.84 Å². The van der Waals surface area contributed by atoms with Crippen LogP contribution in [-0.4, -0.2) is 27.5 Å². The van der Waals surface area contributed by atoms with Crippen molar-refractivity contribution in [3.8, 4) is 0 Å². The van der Waals surface area contributed by atoms with Crippen LogP contribution < -0.4 is 4.84 Å². The Bertz CT molecular complexity index is 707. The van der Waals surface area contributed by atoms with Crippen LogP contribution in [0.25, 0.3) is 11.0 Å². The number of fused-ring (bicyclic) bond motifs is 1. The molecule has 0 saturated heterocycles. The van der Waals surface area contributed by atoms with Crippen LogP contribution in [-0.2, 0) is 0 Å². The fourth-order valence-electron chi connectivity index (χ4n) is 1.77. The number of benzene rings is 2. The Kier molecular flexibility index (Phi) is 2.94. The third kappa shape index (κ3) is 2.30. The summed E-state index contributed by atoms with van der Waals surface area (Å²) in [5, 5.41) is 7.80. The molecular formula is C14H11N3O2. The summed E-state index contributed by atoms with van der Waals surface area (Å²) >= 11 is 0. The van der Waals surface area contributed by atoms with E-state index in [1.807, 2.05) is 42.5 Å². The molecule has 19 heavy (non-hydrogen) atoms. The summed E-state index contributed by atoms with van der Waals surface area (Å²) < 4.78 is 0. The molecule has 0 aliphatic rings. The molecule has 0 atom stereocenters. The Morgan fingerprint density at radius 2 is 1.79 bits per heavy atom. The van der Waals surface area contributed by atoms with Crippen molar-refractivity contribution in [1.29, 1.82) is 0 Å². The highest BCUT2D eigenvalue weighted by molar-refractivity contribution is 5.97. The molecule has 2 aromatic carbocycles. The number of hydrogen-bond acceptors (Lipinski definition) is 4. The first-order valence-corrected chi connectivity index (χ1v) is 5.86. The zero-order valence-electron chi connectivity index (χ0n) is 10.1. The van der Waals surface area contributed by atoms with Gasteiger partial charge in [0, 0.05) is 5.56 Å². The monoisotopic (exact) mass is 253 g/mol. The summed E-state index contributed by atoms with van der Waals surface area (Å²) in [6.45, 7) is -0.0721. The maximum absolute atomic E-state index is 11.9. The van der Waals surface area contributed by atoms with Gasteiger partial charge in [-0.3, -0.25) is 4.79 Å². The molecule has 0 saturated carbocycles. The first-order chi connectivity index (χ1) is 9.34. The summed E-state index contributed by atoms with van der Waals surface area (Å²) in [4.78, 5) is 18.5. The maximum atomic E-state index is 11.9. The van der Waals surface area contributed by atoms with Crippen LogP contribution >= 0.6 is 0 Å². The van der Waals surface area contributed by atoms with Gasteiger partial charge < -0.3 is 4.84 Å². The predicted octanol–water partition coefficient (Wildman–Crippen LogP) is 1.74. The number of carbonyl (C=O) groups is 1. The van der Waals surface area contributed by atoms with Crippen LogP contribution in [0.3, 0.4) is 0 Å². The highest BCUT2D eigenvalue weighted by Crippen LogP contribution is 2.08. The van der Waals surface area contributed by atoms with Crippen LogP contribution in [0, 0.1) is 0 Å². The molecule has 0 bridgehead atoms. The smallest absolute Gasteiger partial charge is 0.203 e. The van der Waals surface area contributed by atoms with Gasteiger partial charge in [-0.05, 0) is 17.3 Å². The van der Waals surface area contributed by atoms with Crippen LogP contribution in [0.4, 0.5) is 0 Å². The van der Waals surface area contributed by atoms with Gasteiger partial charge >= 0.3 is 0 Å². The molecule has 1 aromatic heterocycles. The van der Waals surface area contributed by atoms with Crippen LogP contribution in [0.2, 0.25) is 0 Å². The Balaban J connectivity index is 1.75. The molecule has 0 aliphatic heterocycles. The summed E-state index contributed by atoms with van der Waals surface area (Å²) in [5.74, 6) is -0.0971. The fourth-order valence-corrected chi connectivity index (χ4v) is 1.77.